The summed E-state index contributed by atoms with van der Waals surface area (Å²) in [5.41, 5.74) is 5.82. The van der Waals surface area contributed by atoms with Gasteiger partial charge in [0.25, 0.3) is 0 Å². The van der Waals surface area contributed by atoms with E-state index < -0.39 is 11.7 Å². The fraction of sp³-hybridized carbons (Fsp3) is 0.467. The molecule has 21 heavy (non-hydrogen) atoms. The summed E-state index contributed by atoms with van der Waals surface area (Å²) in [5.74, 6) is -1.09. The summed E-state index contributed by atoms with van der Waals surface area (Å²) in [4.78, 5) is 23.2. The van der Waals surface area contributed by atoms with E-state index in [-0.39, 0.29) is 11.5 Å². The molecule has 0 aliphatic carbocycles. The van der Waals surface area contributed by atoms with Gasteiger partial charge in [0.1, 0.15) is 5.82 Å². The number of hydrogen-bond acceptors (Lipinski definition) is 3. The molecule has 0 radical (unpaired) electrons. The zero-order valence-electron chi connectivity index (χ0n) is 12.0. The Morgan fingerprint density at radius 2 is 2.05 bits per heavy atom. The van der Waals surface area contributed by atoms with Crippen LogP contribution in [-0.4, -0.2) is 24.9 Å². The number of piperidine rings is 1. The van der Waals surface area contributed by atoms with Crippen LogP contribution in [0.15, 0.2) is 12.1 Å². The van der Waals surface area contributed by atoms with Crippen molar-refractivity contribution in [1.82, 2.24) is 5.32 Å². The second kappa shape index (κ2) is 6.67. The lowest BCUT2D eigenvalue weighted by atomic mass is 9.94. The maximum atomic E-state index is 13.7. The van der Waals surface area contributed by atoms with E-state index in [9.17, 15) is 14.0 Å². The van der Waals surface area contributed by atoms with Gasteiger partial charge in [0.15, 0.2) is 0 Å². The van der Waals surface area contributed by atoms with Crippen LogP contribution in [0.1, 0.15) is 35.2 Å². The largest absolute Gasteiger partial charge is 0.366 e. The maximum Gasteiger partial charge on any atom is 0.248 e. The second-order valence-corrected chi connectivity index (χ2v) is 5.44. The quantitative estimate of drug-likeness (QED) is 0.787. The molecule has 0 atom stereocenters. The molecule has 1 fully saturated rings. The van der Waals surface area contributed by atoms with Crippen molar-refractivity contribution in [3.8, 4) is 0 Å². The first kappa shape index (κ1) is 15.4. The number of halogens is 1. The third-order valence-corrected chi connectivity index (χ3v) is 3.84. The van der Waals surface area contributed by atoms with Crippen molar-refractivity contribution >= 4 is 17.5 Å². The van der Waals surface area contributed by atoms with Gasteiger partial charge in [-0.1, -0.05) is 0 Å². The SMILES string of the molecule is Cc1c(F)cc(C(N)=O)cc1NC(=O)CC1CCNCC1. The van der Waals surface area contributed by atoms with Gasteiger partial charge >= 0.3 is 0 Å². The molecule has 0 unspecified atom stereocenters. The maximum absolute atomic E-state index is 13.7. The normalized spacial score (nSPS) is 15.7. The minimum Gasteiger partial charge on any atom is -0.366 e. The molecule has 1 aromatic rings. The summed E-state index contributed by atoms with van der Waals surface area (Å²) >= 11 is 0. The molecular formula is C15H20FN3O2. The Hall–Kier alpha value is -1.95. The molecule has 0 spiro atoms. The zero-order valence-corrected chi connectivity index (χ0v) is 12.0. The smallest absolute Gasteiger partial charge is 0.248 e. The summed E-state index contributed by atoms with van der Waals surface area (Å²) in [7, 11) is 0. The first-order valence-corrected chi connectivity index (χ1v) is 7.08. The van der Waals surface area contributed by atoms with Gasteiger partial charge in [0.05, 0.1) is 0 Å². The van der Waals surface area contributed by atoms with Gasteiger partial charge in [0.2, 0.25) is 11.8 Å². The van der Waals surface area contributed by atoms with Crippen LogP contribution in [0.3, 0.4) is 0 Å². The molecule has 1 aliphatic rings. The Kier molecular flexibility index (Phi) is 4.90. The van der Waals surface area contributed by atoms with E-state index in [1.54, 1.807) is 6.92 Å². The molecule has 1 aliphatic heterocycles. The van der Waals surface area contributed by atoms with Gasteiger partial charge in [-0.25, -0.2) is 4.39 Å². The van der Waals surface area contributed by atoms with E-state index in [0.717, 1.165) is 32.0 Å². The van der Waals surface area contributed by atoms with Gasteiger partial charge in [-0.15, -0.1) is 0 Å². The number of amides is 2. The number of hydrogen-bond donors (Lipinski definition) is 3. The number of carbonyl (C=O) groups excluding carboxylic acids is 2. The van der Waals surface area contributed by atoms with Crippen molar-refractivity contribution in [1.29, 1.82) is 0 Å². The van der Waals surface area contributed by atoms with Gasteiger partial charge < -0.3 is 16.4 Å². The number of rotatable bonds is 4. The number of nitrogens with one attached hydrogen (secondary N) is 2. The molecule has 0 aromatic heterocycles. The zero-order chi connectivity index (χ0) is 15.4. The molecule has 0 bridgehead atoms. The van der Waals surface area contributed by atoms with E-state index >= 15 is 0 Å². The third-order valence-electron chi connectivity index (χ3n) is 3.84. The van der Waals surface area contributed by atoms with Crippen LogP contribution in [0, 0.1) is 18.7 Å². The van der Waals surface area contributed by atoms with Gasteiger partial charge in [-0.2, -0.15) is 0 Å². The monoisotopic (exact) mass is 293 g/mol. The average molecular weight is 293 g/mol. The van der Waals surface area contributed by atoms with Gasteiger partial charge in [-0.3, -0.25) is 9.59 Å². The molecule has 114 valence electrons. The van der Waals surface area contributed by atoms with Crippen LogP contribution in [0.5, 0.6) is 0 Å². The molecule has 2 rings (SSSR count). The number of benzene rings is 1. The highest BCUT2D eigenvalue weighted by Crippen LogP contribution is 2.22. The number of anilines is 1. The van der Waals surface area contributed by atoms with Crippen molar-refractivity contribution < 1.29 is 14.0 Å². The highest BCUT2D eigenvalue weighted by molar-refractivity contribution is 5.97. The highest BCUT2D eigenvalue weighted by atomic mass is 19.1. The predicted octanol–water partition coefficient (Wildman–Crippen LogP) is 1.56. The molecule has 1 aromatic carbocycles. The molecule has 4 N–H and O–H groups in total. The Labute approximate surface area is 123 Å². The lowest BCUT2D eigenvalue weighted by Crippen LogP contribution is -2.30. The summed E-state index contributed by atoms with van der Waals surface area (Å²) in [6, 6.07) is 2.50. The number of carbonyl (C=O) groups is 2. The Bertz CT molecular complexity index is 554. The van der Waals surface area contributed by atoms with Gasteiger partial charge in [0, 0.05) is 23.2 Å². The van der Waals surface area contributed by atoms with Crippen LogP contribution < -0.4 is 16.4 Å². The molecule has 1 heterocycles. The van der Waals surface area contributed by atoms with Gasteiger partial charge in [-0.05, 0) is 50.9 Å². The van der Waals surface area contributed by atoms with E-state index in [1.807, 2.05) is 0 Å². The van der Waals surface area contributed by atoms with Crippen LogP contribution in [0.4, 0.5) is 10.1 Å². The summed E-state index contributed by atoms with van der Waals surface area (Å²) in [5, 5.41) is 5.93. The number of nitrogens with two attached hydrogens (primary N) is 1. The van der Waals surface area contributed by atoms with Crippen LogP contribution >= 0.6 is 0 Å². The molecule has 1 saturated heterocycles. The third kappa shape index (κ3) is 4.01. The standard InChI is InChI=1S/C15H20FN3O2/c1-9-12(16)7-11(15(17)21)8-13(9)19-14(20)6-10-2-4-18-5-3-10/h7-8,10,18H,2-6H2,1H3,(H2,17,21)(H,19,20). The fourth-order valence-corrected chi connectivity index (χ4v) is 2.50. The average Bonchev–Trinajstić information content (AvgIpc) is 2.44. The predicted molar refractivity (Wildman–Crippen MR) is 78.5 cm³/mol. The van der Waals surface area contributed by atoms with Crippen molar-refractivity contribution in [3.63, 3.8) is 0 Å². The molecule has 6 heteroatoms. The number of primary amides is 1. The van der Waals surface area contributed by atoms with Crippen molar-refractivity contribution in [2.75, 3.05) is 18.4 Å². The van der Waals surface area contributed by atoms with Crippen LogP contribution in [-0.2, 0) is 4.79 Å². The fourth-order valence-electron chi connectivity index (χ4n) is 2.50. The van der Waals surface area contributed by atoms with Crippen molar-refractivity contribution in [2.45, 2.75) is 26.2 Å². The molecule has 2 amide bonds. The minimum absolute atomic E-state index is 0.0512. The highest BCUT2D eigenvalue weighted by Gasteiger charge is 2.18. The summed E-state index contributed by atoms with van der Waals surface area (Å²) in [6.07, 6.45) is 2.33. The minimum atomic E-state index is -0.720. The lowest BCUT2D eigenvalue weighted by Gasteiger charge is -2.22. The van der Waals surface area contributed by atoms with Crippen LogP contribution in [0.25, 0.3) is 0 Å². The molecule has 5 nitrogen and oxygen atoms in total. The Morgan fingerprint density at radius 1 is 1.38 bits per heavy atom. The van der Waals surface area contributed by atoms with E-state index in [2.05, 4.69) is 10.6 Å². The molecule has 0 saturated carbocycles. The van der Waals surface area contributed by atoms with E-state index in [0.29, 0.717) is 23.6 Å². The van der Waals surface area contributed by atoms with E-state index in [4.69, 9.17) is 5.73 Å². The summed E-state index contributed by atoms with van der Waals surface area (Å²) < 4.78 is 13.7. The topological polar surface area (TPSA) is 84.2 Å². The lowest BCUT2D eigenvalue weighted by molar-refractivity contribution is -0.117. The first-order valence-electron chi connectivity index (χ1n) is 7.08. The second-order valence-electron chi connectivity index (χ2n) is 5.44. The van der Waals surface area contributed by atoms with Crippen molar-refractivity contribution in [2.24, 2.45) is 11.7 Å². The van der Waals surface area contributed by atoms with Crippen LogP contribution in [0.2, 0.25) is 0 Å². The summed E-state index contributed by atoms with van der Waals surface area (Å²) in [6.45, 7) is 3.39. The first-order chi connectivity index (χ1) is 9.97. The molecular weight excluding hydrogens is 273 g/mol. The van der Waals surface area contributed by atoms with Crippen molar-refractivity contribution in [3.05, 3.63) is 29.1 Å². The Balaban J connectivity index is 2.07. The Morgan fingerprint density at radius 3 is 2.67 bits per heavy atom. The van der Waals surface area contributed by atoms with E-state index in [1.165, 1.54) is 6.07 Å².